The van der Waals surface area contributed by atoms with Gasteiger partial charge >= 0.3 is 0 Å². The van der Waals surface area contributed by atoms with E-state index in [1.165, 1.54) is 0 Å². The third-order valence-electron chi connectivity index (χ3n) is 2.85. The van der Waals surface area contributed by atoms with Crippen molar-refractivity contribution in [2.45, 2.75) is 19.4 Å². The van der Waals surface area contributed by atoms with Gasteiger partial charge in [-0.1, -0.05) is 12.2 Å². The summed E-state index contributed by atoms with van der Waals surface area (Å²) < 4.78 is 1.81. The first-order valence-electron chi connectivity index (χ1n) is 5.41. The molecule has 0 saturated carbocycles. The molecule has 0 radical (unpaired) electrons. The van der Waals surface area contributed by atoms with Crippen molar-refractivity contribution < 1.29 is 4.79 Å². The van der Waals surface area contributed by atoms with Gasteiger partial charge in [-0.3, -0.25) is 4.79 Å². The molecule has 0 aliphatic carbocycles. The number of carbonyl (C=O) groups excluding carboxylic acids is 1. The highest BCUT2D eigenvalue weighted by molar-refractivity contribution is 7.80. The Morgan fingerprint density at radius 3 is 2.75 bits per heavy atom. The van der Waals surface area contributed by atoms with Gasteiger partial charge in [-0.05, 0) is 25.0 Å². The van der Waals surface area contributed by atoms with E-state index in [-0.39, 0.29) is 5.91 Å². The fraction of sp³-hybridized carbons (Fsp3) is 0.455. The first kappa shape index (κ1) is 11.1. The van der Waals surface area contributed by atoms with Gasteiger partial charge in [0.25, 0.3) is 0 Å². The average Bonchev–Trinajstić information content (AvgIpc) is 2.86. The first-order chi connectivity index (χ1) is 7.68. The van der Waals surface area contributed by atoms with E-state index in [1.807, 2.05) is 27.8 Å². The number of carbonyl (C=O) groups is 1. The molecule has 1 aromatic rings. The van der Waals surface area contributed by atoms with Crippen LogP contribution < -0.4 is 5.73 Å². The monoisotopic (exact) mass is 237 g/mol. The molecule has 0 aromatic carbocycles. The van der Waals surface area contributed by atoms with Crippen LogP contribution in [0.3, 0.4) is 0 Å². The Kier molecular flexibility index (Phi) is 3.24. The fourth-order valence-electron chi connectivity index (χ4n) is 1.99. The number of hydrogen-bond acceptors (Lipinski definition) is 2. The Morgan fingerprint density at radius 1 is 1.44 bits per heavy atom. The quantitative estimate of drug-likeness (QED) is 0.789. The minimum Gasteiger partial charge on any atom is -0.388 e. The summed E-state index contributed by atoms with van der Waals surface area (Å²) in [5, 5.41) is 0. The van der Waals surface area contributed by atoms with Crippen LogP contribution >= 0.6 is 12.2 Å². The third-order valence-corrected chi connectivity index (χ3v) is 3.06. The third kappa shape index (κ3) is 2.24. The lowest BCUT2D eigenvalue weighted by atomic mass is 10.4. The molecule has 1 aromatic heterocycles. The highest BCUT2D eigenvalue weighted by Crippen LogP contribution is 2.09. The van der Waals surface area contributed by atoms with E-state index in [4.69, 9.17) is 18.0 Å². The predicted octanol–water partition coefficient (Wildman–Crippen LogP) is 0.745. The van der Waals surface area contributed by atoms with Crippen molar-refractivity contribution >= 4 is 23.1 Å². The van der Waals surface area contributed by atoms with E-state index in [0.29, 0.717) is 11.5 Å². The second-order valence-electron chi connectivity index (χ2n) is 3.97. The Hall–Kier alpha value is -1.36. The molecule has 2 rings (SSSR count). The van der Waals surface area contributed by atoms with Crippen LogP contribution in [0.25, 0.3) is 0 Å². The van der Waals surface area contributed by atoms with Gasteiger partial charge in [0, 0.05) is 19.3 Å². The van der Waals surface area contributed by atoms with Crippen molar-refractivity contribution in [3.63, 3.8) is 0 Å². The maximum atomic E-state index is 11.9. The van der Waals surface area contributed by atoms with Crippen LogP contribution in [0.1, 0.15) is 18.5 Å². The minimum atomic E-state index is 0.145. The maximum absolute atomic E-state index is 11.9. The van der Waals surface area contributed by atoms with Crippen LogP contribution in [-0.4, -0.2) is 33.5 Å². The fourth-order valence-corrected chi connectivity index (χ4v) is 2.17. The van der Waals surface area contributed by atoms with Crippen LogP contribution in [0.4, 0.5) is 0 Å². The van der Waals surface area contributed by atoms with Crippen LogP contribution in [0.15, 0.2) is 18.3 Å². The maximum Gasteiger partial charge on any atom is 0.242 e. The molecule has 1 saturated heterocycles. The van der Waals surface area contributed by atoms with Gasteiger partial charge < -0.3 is 15.2 Å². The van der Waals surface area contributed by atoms with Crippen LogP contribution in [0, 0.1) is 0 Å². The molecule has 1 aliphatic heterocycles. The minimum absolute atomic E-state index is 0.145. The van der Waals surface area contributed by atoms with Gasteiger partial charge in [-0.2, -0.15) is 0 Å². The largest absolute Gasteiger partial charge is 0.388 e. The predicted molar refractivity (Wildman–Crippen MR) is 66.1 cm³/mol. The Bertz CT molecular complexity index is 407. The number of amides is 1. The van der Waals surface area contributed by atoms with E-state index in [9.17, 15) is 4.79 Å². The number of hydrogen-bond donors (Lipinski definition) is 1. The molecule has 16 heavy (non-hydrogen) atoms. The smallest absolute Gasteiger partial charge is 0.242 e. The SMILES string of the molecule is NC(=S)c1cccn1CC(=O)N1CCCC1. The summed E-state index contributed by atoms with van der Waals surface area (Å²) in [6, 6.07) is 3.69. The Labute approximate surface area is 100 Å². The van der Waals surface area contributed by atoms with Crippen LogP contribution in [0.5, 0.6) is 0 Å². The molecule has 86 valence electrons. The van der Waals surface area contributed by atoms with Crippen molar-refractivity contribution in [3.8, 4) is 0 Å². The summed E-state index contributed by atoms with van der Waals surface area (Å²) in [7, 11) is 0. The standard InChI is InChI=1S/C11H15N3OS/c12-11(16)9-4-3-7-14(9)8-10(15)13-5-1-2-6-13/h3-4,7H,1-2,5-6,8H2,(H2,12,16). The zero-order valence-corrected chi connectivity index (χ0v) is 9.87. The number of likely N-dealkylation sites (tertiary alicyclic amines) is 1. The lowest BCUT2D eigenvalue weighted by Crippen LogP contribution is -2.32. The zero-order valence-electron chi connectivity index (χ0n) is 9.06. The summed E-state index contributed by atoms with van der Waals surface area (Å²) in [6.45, 7) is 2.09. The van der Waals surface area contributed by atoms with Gasteiger partial charge in [0.15, 0.2) is 0 Å². The zero-order chi connectivity index (χ0) is 11.5. The van der Waals surface area contributed by atoms with E-state index < -0.39 is 0 Å². The molecule has 2 N–H and O–H groups in total. The topological polar surface area (TPSA) is 51.3 Å². The molecule has 2 heterocycles. The van der Waals surface area contributed by atoms with Crippen molar-refractivity contribution in [2.75, 3.05) is 13.1 Å². The van der Waals surface area contributed by atoms with E-state index >= 15 is 0 Å². The van der Waals surface area contributed by atoms with E-state index in [1.54, 1.807) is 0 Å². The average molecular weight is 237 g/mol. The van der Waals surface area contributed by atoms with E-state index in [0.717, 1.165) is 31.6 Å². The van der Waals surface area contributed by atoms with Gasteiger partial charge in [-0.15, -0.1) is 0 Å². The van der Waals surface area contributed by atoms with Crippen molar-refractivity contribution in [1.29, 1.82) is 0 Å². The number of aromatic nitrogens is 1. The summed E-state index contributed by atoms with van der Waals surface area (Å²) in [5.74, 6) is 0.145. The summed E-state index contributed by atoms with van der Waals surface area (Å²) in [6.07, 6.45) is 4.06. The number of nitrogens with two attached hydrogens (primary N) is 1. The number of nitrogens with zero attached hydrogens (tertiary/aromatic N) is 2. The van der Waals surface area contributed by atoms with Crippen molar-refractivity contribution in [3.05, 3.63) is 24.0 Å². The van der Waals surface area contributed by atoms with E-state index in [2.05, 4.69) is 0 Å². The van der Waals surface area contributed by atoms with Crippen molar-refractivity contribution in [1.82, 2.24) is 9.47 Å². The molecular weight excluding hydrogens is 222 g/mol. The molecule has 0 bridgehead atoms. The number of rotatable bonds is 3. The molecule has 0 spiro atoms. The molecule has 0 atom stereocenters. The summed E-state index contributed by atoms with van der Waals surface area (Å²) >= 11 is 4.92. The Balaban J connectivity index is 2.05. The molecule has 1 aliphatic rings. The summed E-state index contributed by atoms with van der Waals surface area (Å²) in [5.41, 5.74) is 6.33. The highest BCUT2D eigenvalue weighted by Gasteiger charge is 2.18. The highest BCUT2D eigenvalue weighted by atomic mass is 32.1. The number of thiocarbonyl (C=S) groups is 1. The molecule has 4 nitrogen and oxygen atoms in total. The molecule has 1 fully saturated rings. The molecule has 1 amide bonds. The lowest BCUT2D eigenvalue weighted by Gasteiger charge is -2.16. The Morgan fingerprint density at radius 2 is 2.12 bits per heavy atom. The normalized spacial score (nSPS) is 15.4. The van der Waals surface area contributed by atoms with Gasteiger partial charge in [0.1, 0.15) is 11.5 Å². The summed E-state index contributed by atoms with van der Waals surface area (Å²) in [4.78, 5) is 14.1. The van der Waals surface area contributed by atoms with Crippen molar-refractivity contribution in [2.24, 2.45) is 5.73 Å². The van der Waals surface area contributed by atoms with Gasteiger partial charge in [-0.25, -0.2) is 0 Å². The molecular formula is C11H15N3OS. The van der Waals surface area contributed by atoms with Crippen LogP contribution in [-0.2, 0) is 11.3 Å². The van der Waals surface area contributed by atoms with Gasteiger partial charge in [0.05, 0.1) is 5.69 Å². The molecule has 0 unspecified atom stereocenters. The second kappa shape index (κ2) is 4.65. The second-order valence-corrected chi connectivity index (χ2v) is 4.41. The first-order valence-corrected chi connectivity index (χ1v) is 5.82. The van der Waals surface area contributed by atoms with Crippen LogP contribution in [0.2, 0.25) is 0 Å². The molecule has 5 heteroatoms. The van der Waals surface area contributed by atoms with Gasteiger partial charge in [0.2, 0.25) is 5.91 Å². The lowest BCUT2D eigenvalue weighted by molar-refractivity contribution is -0.130.